The summed E-state index contributed by atoms with van der Waals surface area (Å²) in [6.07, 6.45) is 0.519. The normalized spacial score (nSPS) is 17.3. The molecule has 0 aromatic carbocycles. The van der Waals surface area contributed by atoms with Crippen LogP contribution in [0.2, 0.25) is 0 Å². The Morgan fingerprint density at radius 1 is 1.50 bits per heavy atom. The van der Waals surface area contributed by atoms with Gasteiger partial charge in [0, 0.05) is 6.54 Å². The average molecular weight is 197 g/mol. The van der Waals surface area contributed by atoms with Crippen molar-refractivity contribution in [2.24, 2.45) is 0 Å². The van der Waals surface area contributed by atoms with Crippen LogP contribution in [0.4, 0.5) is 0 Å². The van der Waals surface area contributed by atoms with E-state index in [1.807, 2.05) is 0 Å². The molecular weight excluding hydrogens is 182 g/mol. The first kappa shape index (κ1) is 11.8. The first-order valence-corrected chi connectivity index (χ1v) is 5.26. The number of hydrogen-bond acceptors (Lipinski definition) is 4. The molecule has 3 N–H and O–H groups in total. The van der Waals surface area contributed by atoms with Crippen LogP contribution in [0.15, 0.2) is 0 Å². The molecule has 0 aromatic rings. The minimum Gasteiger partial charge on any atom is -0.389 e. The first-order valence-electron chi connectivity index (χ1n) is 3.65. The van der Waals surface area contributed by atoms with Gasteiger partial charge >= 0.3 is 0 Å². The third-order valence-corrected chi connectivity index (χ3v) is 2.12. The van der Waals surface area contributed by atoms with E-state index in [0.29, 0.717) is 6.42 Å². The highest BCUT2D eigenvalue weighted by Gasteiger charge is 2.17. The summed E-state index contributed by atoms with van der Waals surface area (Å²) < 4.78 is 28.7. The van der Waals surface area contributed by atoms with Crippen LogP contribution >= 0.6 is 0 Å². The fourth-order valence-electron chi connectivity index (χ4n) is 0.574. The van der Waals surface area contributed by atoms with Crippen LogP contribution in [0.3, 0.4) is 0 Å². The van der Waals surface area contributed by atoms with Gasteiger partial charge in [-0.05, 0) is 13.3 Å². The van der Waals surface area contributed by atoms with Crippen molar-refractivity contribution in [2.45, 2.75) is 25.9 Å². The van der Waals surface area contributed by atoms with Crippen LogP contribution in [-0.2, 0) is 10.1 Å². The molecule has 0 amide bonds. The van der Waals surface area contributed by atoms with Gasteiger partial charge in [-0.25, -0.2) is 0 Å². The maximum absolute atomic E-state index is 10.2. The zero-order chi connectivity index (χ0) is 9.83. The highest BCUT2D eigenvalue weighted by molar-refractivity contribution is 7.85. The van der Waals surface area contributed by atoms with Crippen molar-refractivity contribution >= 4 is 10.1 Å². The largest absolute Gasteiger partial charge is 0.389 e. The Morgan fingerprint density at radius 3 is 2.33 bits per heavy atom. The van der Waals surface area contributed by atoms with E-state index in [9.17, 15) is 13.5 Å². The predicted molar refractivity (Wildman–Crippen MR) is 45.3 cm³/mol. The van der Waals surface area contributed by atoms with Crippen molar-refractivity contribution in [1.82, 2.24) is 5.32 Å². The lowest BCUT2D eigenvalue weighted by atomic mass is 10.0. The molecule has 6 heteroatoms. The van der Waals surface area contributed by atoms with Crippen LogP contribution in [0.25, 0.3) is 0 Å². The molecule has 0 aliphatic heterocycles. The Hall–Kier alpha value is -0.170. The minimum atomic E-state index is -3.98. The van der Waals surface area contributed by atoms with Crippen LogP contribution in [0, 0.1) is 0 Å². The van der Waals surface area contributed by atoms with Crippen LogP contribution in [0.5, 0.6) is 0 Å². The Kier molecular flexibility index (Phi) is 4.12. The van der Waals surface area contributed by atoms with E-state index in [2.05, 4.69) is 5.32 Å². The molecule has 0 heterocycles. The van der Waals surface area contributed by atoms with Gasteiger partial charge in [-0.1, -0.05) is 6.92 Å². The van der Waals surface area contributed by atoms with Gasteiger partial charge in [0.05, 0.1) is 5.60 Å². The van der Waals surface area contributed by atoms with Crippen molar-refractivity contribution in [3.8, 4) is 0 Å². The summed E-state index contributed by atoms with van der Waals surface area (Å²) in [5.74, 6) is -0.525. The molecule has 0 radical (unpaired) electrons. The summed E-state index contributed by atoms with van der Waals surface area (Å²) in [7, 11) is -3.98. The van der Waals surface area contributed by atoms with Gasteiger partial charge in [-0.3, -0.25) is 9.87 Å². The van der Waals surface area contributed by atoms with E-state index in [-0.39, 0.29) is 6.54 Å². The van der Waals surface area contributed by atoms with Crippen LogP contribution in [0.1, 0.15) is 20.3 Å². The molecule has 0 spiro atoms. The van der Waals surface area contributed by atoms with E-state index in [0.717, 1.165) is 0 Å². The fraction of sp³-hybridized carbons (Fsp3) is 1.00. The lowest BCUT2D eigenvalue weighted by molar-refractivity contribution is 0.0573. The van der Waals surface area contributed by atoms with Crippen LogP contribution < -0.4 is 5.32 Å². The summed E-state index contributed by atoms with van der Waals surface area (Å²) in [6.45, 7) is 3.52. The van der Waals surface area contributed by atoms with Gasteiger partial charge < -0.3 is 5.11 Å². The third-order valence-electron chi connectivity index (χ3n) is 1.55. The number of rotatable bonds is 5. The van der Waals surface area contributed by atoms with Gasteiger partial charge in [0.15, 0.2) is 0 Å². The van der Waals surface area contributed by atoms with Crippen molar-refractivity contribution in [1.29, 1.82) is 0 Å². The summed E-state index contributed by atoms with van der Waals surface area (Å²) in [6, 6.07) is 0. The standard InChI is InChI=1S/C6H15NO4S/c1-3-6(2,8)4-7-5-12(9,10)11/h7-8H,3-5H2,1-2H3,(H,9,10,11). The van der Waals surface area contributed by atoms with Gasteiger partial charge in [0.25, 0.3) is 10.1 Å². The molecule has 0 saturated carbocycles. The Balaban J connectivity index is 3.72. The topological polar surface area (TPSA) is 86.6 Å². The average Bonchev–Trinajstić information content (AvgIpc) is 1.84. The molecule has 0 saturated heterocycles. The Morgan fingerprint density at radius 2 is 2.00 bits per heavy atom. The molecule has 1 atom stereocenters. The Bertz CT molecular complexity index is 222. The summed E-state index contributed by atoms with van der Waals surface area (Å²) in [5.41, 5.74) is -0.926. The zero-order valence-electron chi connectivity index (χ0n) is 7.24. The third kappa shape index (κ3) is 6.53. The Labute approximate surface area is 72.5 Å². The summed E-state index contributed by atoms with van der Waals surface area (Å²) in [5, 5.41) is 11.8. The molecule has 0 bridgehead atoms. The van der Waals surface area contributed by atoms with E-state index in [1.54, 1.807) is 13.8 Å². The van der Waals surface area contributed by atoms with E-state index < -0.39 is 21.6 Å². The SMILES string of the molecule is CCC(C)(O)CNCS(=O)(=O)O. The quantitative estimate of drug-likeness (QED) is 0.521. The maximum Gasteiger partial charge on any atom is 0.278 e. The van der Waals surface area contributed by atoms with Gasteiger partial charge in [-0.15, -0.1) is 0 Å². The lowest BCUT2D eigenvalue weighted by Gasteiger charge is -2.20. The van der Waals surface area contributed by atoms with Crippen LogP contribution in [-0.4, -0.2) is 36.1 Å². The number of hydrogen-bond donors (Lipinski definition) is 3. The van der Waals surface area contributed by atoms with E-state index >= 15 is 0 Å². The number of aliphatic hydroxyl groups is 1. The lowest BCUT2D eigenvalue weighted by Crippen LogP contribution is -2.39. The molecule has 0 aromatic heterocycles. The second-order valence-corrected chi connectivity index (χ2v) is 4.46. The minimum absolute atomic E-state index is 0.142. The number of nitrogens with one attached hydrogen (secondary N) is 1. The molecule has 0 rings (SSSR count). The van der Waals surface area contributed by atoms with Crippen molar-refractivity contribution in [2.75, 3.05) is 12.4 Å². The van der Waals surface area contributed by atoms with Gasteiger partial charge in [-0.2, -0.15) is 8.42 Å². The van der Waals surface area contributed by atoms with Gasteiger partial charge in [0.1, 0.15) is 5.88 Å². The van der Waals surface area contributed by atoms with E-state index in [4.69, 9.17) is 4.55 Å². The van der Waals surface area contributed by atoms with Crippen molar-refractivity contribution in [3.05, 3.63) is 0 Å². The summed E-state index contributed by atoms with van der Waals surface area (Å²) >= 11 is 0. The fourth-order valence-corrected chi connectivity index (χ4v) is 0.934. The maximum atomic E-state index is 10.2. The smallest absolute Gasteiger partial charge is 0.278 e. The molecular formula is C6H15NO4S. The molecule has 1 unspecified atom stereocenters. The van der Waals surface area contributed by atoms with Crippen molar-refractivity contribution in [3.63, 3.8) is 0 Å². The highest BCUT2D eigenvalue weighted by Crippen LogP contribution is 2.05. The second kappa shape index (κ2) is 4.18. The first-order chi connectivity index (χ1) is 5.27. The zero-order valence-corrected chi connectivity index (χ0v) is 8.06. The highest BCUT2D eigenvalue weighted by atomic mass is 32.2. The molecule has 12 heavy (non-hydrogen) atoms. The second-order valence-electron chi connectivity index (χ2n) is 3.00. The molecule has 0 aliphatic carbocycles. The molecule has 74 valence electrons. The van der Waals surface area contributed by atoms with Crippen molar-refractivity contribution < 1.29 is 18.1 Å². The molecule has 0 aliphatic rings. The molecule has 5 nitrogen and oxygen atoms in total. The molecule has 0 fully saturated rings. The monoisotopic (exact) mass is 197 g/mol. The van der Waals surface area contributed by atoms with E-state index in [1.165, 1.54) is 0 Å². The summed E-state index contributed by atoms with van der Waals surface area (Å²) in [4.78, 5) is 0. The van der Waals surface area contributed by atoms with Gasteiger partial charge in [0.2, 0.25) is 0 Å². The predicted octanol–water partition coefficient (Wildman–Crippen LogP) is -0.418.